The Morgan fingerprint density at radius 3 is 2.46 bits per heavy atom. The molecule has 0 aliphatic carbocycles. The van der Waals surface area contributed by atoms with Crippen molar-refractivity contribution in [3.8, 4) is 5.75 Å². The molecule has 26 heavy (non-hydrogen) atoms. The first-order valence-corrected chi connectivity index (χ1v) is 8.91. The first-order valence-electron chi connectivity index (χ1n) is 8.53. The summed E-state index contributed by atoms with van der Waals surface area (Å²) in [5.41, 5.74) is 1.91. The van der Waals surface area contributed by atoms with Gasteiger partial charge in [-0.2, -0.15) is 0 Å². The SMILES string of the molecule is COc1ccc(C[C@H]2NC[C@H](O)[C@H]2OC(=O)Cc2ccc(Cl)cc2)cc1. The second-order valence-electron chi connectivity index (χ2n) is 6.39. The van der Waals surface area contributed by atoms with E-state index in [9.17, 15) is 9.90 Å². The Morgan fingerprint density at radius 2 is 1.81 bits per heavy atom. The Labute approximate surface area is 157 Å². The molecule has 2 aromatic carbocycles. The van der Waals surface area contributed by atoms with Crippen LogP contribution in [0.3, 0.4) is 0 Å². The Morgan fingerprint density at radius 1 is 1.15 bits per heavy atom. The van der Waals surface area contributed by atoms with Gasteiger partial charge in [-0.3, -0.25) is 4.79 Å². The van der Waals surface area contributed by atoms with Crippen molar-refractivity contribution in [2.75, 3.05) is 13.7 Å². The molecule has 5 nitrogen and oxygen atoms in total. The van der Waals surface area contributed by atoms with Crippen LogP contribution in [0.15, 0.2) is 48.5 Å². The lowest BCUT2D eigenvalue weighted by Gasteiger charge is -2.22. The first-order chi connectivity index (χ1) is 12.5. The van der Waals surface area contributed by atoms with Crippen LogP contribution in [-0.2, 0) is 22.4 Å². The van der Waals surface area contributed by atoms with Crippen LogP contribution in [0.4, 0.5) is 0 Å². The number of aliphatic hydroxyl groups is 1. The number of methoxy groups -OCH3 is 1. The highest BCUT2D eigenvalue weighted by molar-refractivity contribution is 6.30. The molecule has 1 aliphatic rings. The van der Waals surface area contributed by atoms with Gasteiger partial charge in [-0.25, -0.2) is 0 Å². The summed E-state index contributed by atoms with van der Waals surface area (Å²) in [6.45, 7) is 0.402. The van der Waals surface area contributed by atoms with Crippen LogP contribution in [0.1, 0.15) is 11.1 Å². The second kappa shape index (κ2) is 8.54. The zero-order chi connectivity index (χ0) is 18.5. The normalized spacial score (nSPS) is 22.2. The van der Waals surface area contributed by atoms with E-state index in [2.05, 4.69) is 5.32 Å². The van der Waals surface area contributed by atoms with Gasteiger partial charge in [0.2, 0.25) is 0 Å². The van der Waals surface area contributed by atoms with E-state index in [0.29, 0.717) is 18.0 Å². The van der Waals surface area contributed by atoms with Crippen LogP contribution in [0.25, 0.3) is 0 Å². The van der Waals surface area contributed by atoms with Crippen LogP contribution < -0.4 is 10.1 Å². The maximum absolute atomic E-state index is 12.3. The molecule has 1 saturated heterocycles. The van der Waals surface area contributed by atoms with Crippen molar-refractivity contribution >= 4 is 17.6 Å². The Balaban J connectivity index is 1.60. The number of β-amino-alcohol motifs (C(OH)–C–C–N with tert-alkyl or cyclic N) is 1. The summed E-state index contributed by atoms with van der Waals surface area (Å²) >= 11 is 5.85. The minimum atomic E-state index is -0.715. The topological polar surface area (TPSA) is 67.8 Å². The molecule has 2 N–H and O–H groups in total. The molecular weight excluding hydrogens is 354 g/mol. The summed E-state index contributed by atoms with van der Waals surface area (Å²) in [5.74, 6) is 0.430. The monoisotopic (exact) mass is 375 g/mol. The zero-order valence-corrected chi connectivity index (χ0v) is 15.3. The van der Waals surface area contributed by atoms with Crippen LogP contribution in [0.2, 0.25) is 5.02 Å². The van der Waals surface area contributed by atoms with E-state index < -0.39 is 12.2 Å². The largest absolute Gasteiger partial charge is 0.497 e. The Hall–Kier alpha value is -2.08. The van der Waals surface area contributed by atoms with E-state index in [-0.39, 0.29) is 18.4 Å². The van der Waals surface area contributed by atoms with Crippen LogP contribution >= 0.6 is 11.6 Å². The molecule has 0 unspecified atom stereocenters. The predicted molar refractivity (Wildman–Crippen MR) is 99.5 cm³/mol. The van der Waals surface area contributed by atoms with Crippen molar-refractivity contribution in [2.45, 2.75) is 31.1 Å². The van der Waals surface area contributed by atoms with Gasteiger partial charge in [0.1, 0.15) is 18.0 Å². The molecule has 0 aromatic heterocycles. The lowest BCUT2D eigenvalue weighted by Crippen LogP contribution is -2.39. The number of rotatable bonds is 6. The van der Waals surface area contributed by atoms with Crippen LogP contribution in [0, 0.1) is 0 Å². The van der Waals surface area contributed by atoms with Gasteiger partial charge in [0, 0.05) is 11.6 Å². The fourth-order valence-corrected chi connectivity index (χ4v) is 3.23. The number of carbonyl (C=O) groups is 1. The van der Waals surface area contributed by atoms with E-state index in [1.165, 1.54) is 0 Å². The number of aliphatic hydroxyl groups excluding tert-OH is 1. The molecule has 0 radical (unpaired) electrons. The van der Waals surface area contributed by atoms with Crippen molar-refractivity contribution in [1.29, 1.82) is 0 Å². The summed E-state index contributed by atoms with van der Waals surface area (Å²) in [6.07, 6.45) is -0.486. The minimum absolute atomic E-state index is 0.132. The Kier molecular flexibility index (Phi) is 6.14. The molecular formula is C20H22ClNO4. The minimum Gasteiger partial charge on any atom is -0.497 e. The number of benzene rings is 2. The van der Waals surface area contributed by atoms with Crippen molar-refractivity contribution in [3.05, 3.63) is 64.7 Å². The molecule has 0 spiro atoms. The molecule has 138 valence electrons. The van der Waals surface area contributed by atoms with E-state index >= 15 is 0 Å². The van der Waals surface area contributed by atoms with E-state index in [4.69, 9.17) is 21.1 Å². The fourth-order valence-electron chi connectivity index (χ4n) is 3.10. The number of carbonyl (C=O) groups excluding carboxylic acids is 1. The second-order valence-corrected chi connectivity index (χ2v) is 6.83. The van der Waals surface area contributed by atoms with E-state index in [1.54, 1.807) is 31.4 Å². The highest BCUT2D eigenvalue weighted by atomic mass is 35.5. The van der Waals surface area contributed by atoms with Gasteiger partial charge in [-0.05, 0) is 41.8 Å². The third-order valence-corrected chi connectivity index (χ3v) is 4.76. The van der Waals surface area contributed by atoms with Gasteiger partial charge < -0.3 is 19.9 Å². The Bertz CT molecular complexity index is 732. The molecule has 6 heteroatoms. The summed E-state index contributed by atoms with van der Waals surface area (Å²) in [6, 6.07) is 14.7. The molecule has 1 heterocycles. The summed E-state index contributed by atoms with van der Waals surface area (Å²) in [5, 5.41) is 14.1. The van der Waals surface area contributed by atoms with Crippen molar-refractivity contribution in [3.63, 3.8) is 0 Å². The highest BCUT2D eigenvalue weighted by Crippen LogP contribution is 2.20. The maximum Gasteiger partial charge on any atom is 0.310 e. The van der Waals surface area contributed by atoms with Gasteiger partial charge in [0.15, 0.2) is 0 Å². The quantitative estimate of drug-likeness (QED) is 0.759. The molecule has 3 atom stereocenters. The number of hydrogen-bond acceptors (Lipinski definition) is 5. The summed E-state index contributed by atoms with van der Waals surface area (Å²) < 4.78 is 10.7. The molecule has 1 aliphatic heterocycles. The summed E-state index contributed by atoms with van der Waals surface area (Å²) in [4.78, 5) is 12.3. The summed E-state index contributed by atoms with van der Waals surface area (Å²) in [7, 11) is 1.63. The predicted octanol–water partition coefficient (Wildman–Crippen LogP) is 2.38. The average Bonchev–Trinajstić information content (AvgIpc) is 2.97. The molecule has 1 fully saturated rings. The van der Waals surface area contributed by atoms with Gasteiger partial charge in [0.25, 0.3) is 0 Å². The number of hydrogen-bond donors (Lipinski definition) is 2. The molecule has 3 rings (SSSR count). The van der Waals surface area contributed by atoms with Gasteiger partial charge >= 0.3 is 5.97 Å². The van der Waals surface area contributed by atoms with Crippen LogP contribution in [0.5, 0.6) is 5.75 Å². The zero-order valence-electron chi connectivity index (χ0n) is 14.5. The van der Waals surface area contributed by atoms with E-state index in [1.807, 2.05) is 24.3 Å². The molecule has 0 amide bonds. The van der Waals surface area contributed by atoms with Crippen molar-refractivity contribution in [1.82, 2.24) is 5.32 Å². The maximum atomic E-state index is 12.3. The molecule has 0 bridgehead atoms. The smallest absolute Gasteiger partial charge is 0.310 e. The molecule has 2 aromatic rings. The average molecular weight is 376 g/mol. The standard InChI is InChI=1S/C20H22ClNO4/c1-25-16-8-4-13(5-9-16)10-17-20(18(23)12-22-17)26-19(24)11-14-2-6-15(21)7-3-14/h2-9,17-18,20,22-23H,10-12H2,1H3/t17-,18+,20+/m1/s1. The third-order valence-electron chi connectivity index (χ3n) is 4.51. The van der Waals surface area contributed by atoms with Crippen LogP contribution in [-0.4, -0.2) is 43.0 Å². The number of ether oxygens (including phenoxy) is 2. The molecule has 0 saturated carbocycles. The van der Waals surface area contributed by atoms with E-state index in [0.717, 1.165) is 16.9 Å². The number of nitrogens with one attached hydrogen (secondary N) is 1. The lowest BCUT2D eigenvalue weighted by atomic mass is 10.0. The van der Waals surface area contributed by atoms with Gasteiger partial charge in [-0.15, -0.1) is 0 Å². The number of halogens is 1. The lowest BCUT2D eigenvalue weighted by molar-refractivity contribution is -0.153. The van der Waals surface area contributed by atoms with Gasteiger partial charge in [-0.1, -0.05) is 35.9 Å². The third kappa shape index (κ3) is 4.75. The number of esters is 1. The first kappa shape index (κ1) is 18.7. The fraction of sp³-hybridized carbons (Fsp3) is 0.350. The highest BCUT2D eigenvalue weighted by Gasteiger charge is 2.37. The van der Waals surface area contributed by atoms with Crippen molar-refractivity contribution in [2.24, 2.45) is 0 Å². The van der Waals surface area contributed by atoms with Crippen molar-refractivity contribution < 1.29 is 19.4 Å². The van der Waals surface area contributed by atoms with Gasteiger partial charge in [0.05, 0.1) is 19.6 Å².